The number of rotatable bonds is 56. The molecule has 0 spiro atoms. The van der Waals surface area contributed by atoms with Crippen molar-refractivity contribution >= 4 is 11.9 Å². The van der Waals surface area contributed by atoms with E-state index in [0.717, 1.165) is 96.3 Å². The zero-order chi connectivity index (χ0) is 52.0. The van der Waals surface area contributed by atoms with Gasteiger partial charge in [-0.15, -0.1) is 0 Å². The van der Waals surface area contributed by atoms with Crippen molar-refractivity contribution in [1.82, 2.24) is 0 Å². The molecule has 414 valence electrons. The molecule has 0 bridgehead atoms. The summed E-state index contributed by atoms with van der Waals surface area (Å²) in [5.74, 6) is -0.412. The molecule has 1 atom stereocenters. The fraction of sp³-hybridized carbons (Fsp3) is 0.731. The van der Waals surface area contributed by atoms with E-state index in [4.69, 9.17) is 14.2 Å². The predicted octanol–water partition coefficient (Wildman–Crippen LogP) is 21.4. The Morgan fingerprint density at radius 1 is 0.319 bits per heavy atom. The summed E-state index contributed by atoms with van der Waals surface area (Å²) in [6, 6.07) is 0. The van der Waals surface area contributed by atoms with Crippen LogP contribution in [0.3, 0.4) is 0 Å². The molecule has 0 aliphatic carbocycles. The van der Waals surface area contributed by atoms with Gasteiger partial charge in [0.05, 0.1) is 6.61 Å². The molecule has 0 aromatic carbocycles. The molecule has 1 unspecified atom stereocenters. The van der Waals surface area contributed by atoms with Crippen molar-refractivity contribution in [1.29, 1.82) is 0 Å². The standard InChI is InChI=1S/C67H116O5/c1-4-7-10-13-16-19-22-25-28-31-34-36-39-42-45-48-51-54-57-60-66(68)71-64-65(63-70-62-59-56-53-50-47-44-41-38-33-30-27-24-21-18-15-12-9-6-3)72-67(69)61-58-55-52-49-46-43-40-37-35-32-29-26-23-20-17-14-11-8-5-2/h9,12,16-21,25-30,38,41,65H,4-8,10-11,13-15,22-24,31-37,39-40,42-64H2,1-3H3/b12-9-,19-16-,20-17-,21-18-,28-25-,29-26-,30-27-,41-38-. The van der Waals surface area contributed by atoms with Gasteiger partial charge in [-0.05, 0) is 122 Å². The Kier molecular flexibility index (Phi) is 59.4. The van der Waals surface area contributed by atoms with Crippen LogP contribution in [0.2, 0.25) is 0 Å². The number of allylic oxidation sites excluding steroid dienone is 16. The molecular weight excluding hydrogens is 885 g/mol. The second-order valence-corrected chi connectivity index (χ2v) is 20.2. The molecule has 0 radical (unpaired) electrons. The molecule has 0 aliphatic heterocycles. The summed E-state index contributed by atoms with van der Waals surface area (Å²) >= 11 is 0. The molecule has 0 amide bonds. The topological polar surface area (TPSA) is 61.8 Å². The Morgan fingerprint density at radius 2 is 0.625 bits per heavy atom. The summed E-state index contributed by atoms with van der Waals surface area (Å²) in [6.45, 7) is 7.64. The lowest BCUT2D eigenvalue weighted by atomic mass is 10.1. The minimum atomic E-state index is -0.557. The van der Waals surface area contributed by atoms with E-state index in [2.05, 4.69) is 118 Å². The van der Waals surface area contributed by atoms with E-state index >= 15 is 0 Å². The molecule has 72 heavy (non-hydrogen) atoms. The van der Waals surface area contributed by atoms with E-state index in [9.17, 15) is 9.59 Å². The van der Waals surface area contributed by atoms with Crippen LogP contribution < -0.4 is 0 Å². The molecule has 0 aromatic heterocycles. The minimum Gasteiger partial charge on any atom is -0.462 e. The zero-order valence-electron chi connectivity index (χ0n) is 47.7. The van der Waals surface area contributed by atoms with Crippen molar-refractivity contribution in [2.45, 2.75) is 297 Å². The van der Waals surface area contributed by atoms with Crippen LogP contribution >= 0.6 is 0 Å². The van der Waals surface area contributed by atoms with E-state index in [1.54, 1.807) is 0 Å². The maximum atomic E-state index is 12.9. The molecule has 0 aromatic rings. The lowest BCUT2D eigenvalue weighted by Gasteiger charge is -2.18. The van der Waals surface area contributed by atoms with Gasteiger partial charge in [-0.2, -0.15) is 0 Å². The summed E-state index contributed by atoms with van der Waals surface area (Å²) in [4.78, 5) is 25.6. The third-order valence-corrected chi connectivity index (χ3v) is 13.1. The molecular formula is C67H116O5. The van der Waals surface area contributed by atoms with Gasteiger partial charge >= 0.3 is 11.9 Å². The van der Waals surface area contributed by atoms with Crippen molar-refractivity contribution in [3.63, 3.8) is 0 Å². The van der Waals surface area contributed by atoms with Gasteiger partial charge in [0.1, 0.15) is 6.61 Å². The van der Waals surface area contributed by atoms with Crippen molar-refractivity contribution < 1.29 is 23.8 Å². The summed E-state index contributed by atoms with van der Waals surface area (Å²) < 4.78 is 17.5. The van der Waals surface area contributed by atoms with Crippen molar-refractivity contribution in [2.24, 2.45) is 0 Å². The quantitative estimate of drug-likeness (QED) is 0.0345. The Bertz CT molecular complexity index is 1360. The van der Waals surface area contributed by atoms with Gasteiger partial charge in [0.25, 0.3) is 0 Å². The molecule has 0 N–H and O–H groups in total. The zero-order valence-corrected chi connectivity index (χ0v) is 47.7. The molecule has 0 saturated heterocycles. The van der Waals surface area contributed by atoms with Gasteiger partial charge in [-0.1, -0.05) is 253 Å². The van der Waals surface area contributed by atoms with Crippen LogP contribution in [0.4, 0.5) is 0 Å². The normalized spacial score (nSPS) is 12.9. The van der Waals surface area contributed by atoms with Gasteiger partial charge in [0, 0.05) is 19.4 Å². The largest absolute Gasteiger partial charge is 0.462 e. The smallest absolute Gasteiger partial charge is 0.306 e. The lowest BCUT2D eigenvalue weighted by molar-refractivity contribution is -0.163. The second kappa shape index (κ2) is 62.1. The van der Waals surface area contributed by atoms with Gasteiger partial charge in [-0.25, -0.2) is 0 Å². The first kappa shape index (κ1) is 68.8. The molecule has 5 nitrogen and oxygen atoms in total. The summed E-state index contributed by atoms with van der Waals surface area (Å²) in [5.41, 5.74) is 0. The van der Waals surface area contributed by atoms with Crippen LogP contribution in [0, 0.1) is 0 Å². The van der Waals surface area contributed by atoms with Crippen LogP contribution in [0.1, 0.15) is 290 Å². The van der Waals surface area contributed by atoms with Crippen LogP contribution in [-0.2, 0) is 23.8 Å². The minimum absolute atomic E-state index is 0.0701. The van der Waals surface area contributed by atoms with Crippen molar-refractivity contribution in [3.8, 4) is 0 Å². The summed E-state index contributed by atoms with van der Waals surface area (Å²) in [6.07, 6.45) is 84.3. The van der Waals surface area contributed by atoms with E-state index in [0.29, 0.717) is 19.4 Å². The highest BCUT2D eigenvalue weighted by atomic mass is 16.6. The molecule has 5 heteroatoms. The fourth-order valence-corrected chi connectivity index (χ4v) is 8.50. The number of carbonyl (C=O) groups is 2. The second-order valence-electron chi connectivity index (χ2n) is 20.2. The number of unbranched alkanes of at least 4 members (excludes halogenated alkanes) is 29. The van der Waals surface area contributed by atoms with Gasteiger partial charge in [0.15, 0.2) is 6.10 Å². The van der Waals surface area contributed by atoms with Crippen LogP contribution in [0.25, 0.3) is 0 Å². The predicted molar refractivity (Wildman–Crippen MR) is 316 cm³/mol. The Hall–Kier alpha value is -3.18. The first-order valence-corrected chi connectivity index (χ1v) is 30.8. The number of esters is 2. The third kappa shape index (κ3) is 59.4. The number of ether oxygens (including phenoxy) is 3. The van der Waals surface area contributed by atoms with Crippen LogP contribution in [0.5, 0.6) is 0 Å². The highest BCUT2D eigenvalue weighted by Crippen LogP contribution is 2.15. The van der Waals surface area contributed by atoms with Crippen molar-refractivity contribution in [2.75, 3.05) is 19.8 Å². The van der Waals surface area contributed by atoms with Gasteiger partial charge < -0.3 is 14.2 Å². The van der Waals surface area contributed by atoms with E-state index < -0.39 is 6.10 Å². The number of hydrogen-bond acceptors (Lipinski definition) is 5. The SMILES string of the molecule is CC/C=C\C/C=C\C/C=C\C/C=C\CCCCCCCOCC(COC(=O)CCCCCCCCCCC/C=C\C/C=C\CCCCC)OC(=O)CCCCCCCCCCC/C=C\C/C=C\CCCCC. The summed E-state index contributed by atoms with van der Waals surface area (Å²) in [7, 11) is 0. The van der Waals surface area contributed by atoms with E-state index in [1.807, 2.05) is 0 Å². The average Bonchev–Trinajstić information content (AvgIpc) is 3.38. The molecule has 0 heterocycles. The highest BCUT2D eigenvalue weighted by molar-refractivity contribution is 5.70. The first-order valence-electron chi connectivity index (χ1n) is 30.8. The molecule has 0 saturated carbocycles. The third-order valence-electron chi connectivity index (χ3n) is 13.1. The molecule has 0 rings (SSSR count). The maximum absolute atomic E-state index is 12.9. The first-order chi connectivity index (χ1) is 35.6. The van der Waals surface area contributed by atoms with Crippen LogP contribution in [0.15, 0.2) is 97.2 Å². The average molecular weight is 1000 g/mol. The van der Waals surface area contributed by atoms with E-state index in [1.165, 1.54) is 161 Å². The fourth-order valence-electron chi connectivity index (χ4n) is 8.50. The Balaban J connectivity index is 4.33. The van der Waals surface area contributed by atoms with E-state index in [-0.39, 0.29) is 25.2 Å². The highest BCUT2D eigenvalue weighted by Gasteiger charge is 2.17. The molecule has 0 aliphatic rings. The summed E-state index contributed by atoms with van der Waals surface area (Å²) in [5, 5.41) is 0. The van der Waals surface area contributed by atoms with Crippen molar-refractivity contribution in [3.05, 3.63) is 97.2 Å². The number of carbonyl (C=O) groups excluding carboxylic acids is 2. The van der Waals surface area contributed by atoms with Crippen LogP contribution in [-0.4, -0.2) is 37.9 Å². The maximum Gasteiger partial charge on any atom is 0.306 e. The Morgan fingerprint density at radius 3 is 1.00 bits per heavy atom. The number of hydrogen-bond donors (Lipinski definition) is 0. The monoisotopic (exact) mass is 1000 g/mol. The van der Waals surface area contributed by atoms with Gasteiger partial charge in [0.2, 0.25) is 0 Å². The Labute approximate surface area is 447 Å². The van der Waals surface area contributed by atoms with Gasteiger partial charge in [-0.3, -0.25) is 9.59 Å². The lowest BCUT2D eigenvalue weighted by Crippen LogP contribution is -2.30. The molecule has 0 fully saturated rings.